The van der Waals surface area contributed by atoms with Crippen molar-refractivity contribution in [1.82, 2.24) is 15.6 Å². The van der Waals surface area contributed by atoms with Gasteiger partial charge in [0, 0.05) is 19.3 Å². The van der Waals surface area contributed by atoms with Crippen LogP contribution in [0.4, 0.5) is 0 Å². The maximum Gasteiger partial charge on any atom is 0.238 e. The van der Waals surface area contributed by atoms with E-state index >= 15 is 0 Å². The van der Waals surface area contributed by atoms with Crippen LogP contribution in [0, 0.1) is 0 Å². The molecule has 27 heavy (non-hydrogen) atoms. The molecule has 2 aromatic rings. The molecule has 0 saturated heterocycles. The zero-order valence-corrected chi connectivity index (χ0v) is 18.8. The van der Waals surface area contributed by atoms with Crippen LogP contribution in [-0.2, 0) is 23.0 Å². The molecule has 1 aromatic carbocycles. The molecule has 1 heterocycles. The van der Waals surface area contributed by atoms with Crippen molar-refractivity contribution < 1.29 is 8.42 Å². The fourth-order valence-electron chi connectivity index (χ4n) is 2.18. The Morgan fingerprint density at radius 2 is 1.81 bits per heavy atom. The summed E-state index contributed by atoms with van der Waals surface area (Å²) >= 11 is 5.78. The monoisotopic (exact) mass is 523 g/mol. The second kappa shape index (κ2) is 11.4. The van der Waals surface area contributed by atoms with Gasteiger partial charge >= 0.3 is 0 Å². The minimum atomic E-state index is -3.67. The van der Waals surface area contributed by atoms with Crippen molar-refractivity contribution in [2.75, 3.05) is 13.1 Å². The third-order valence-electron chi connectivity index (χ3n) is 3.51. The van der Waals surface area contributed by atoms with Gasteiger partial charge in [-0.1, -0.05) is 29.8 Å². The van der Waals surface area contributed by atoms with Crippen molar-refractivity contribution in [3.8, 4) is 0 Å². The number of hydrogen-bond donors (Lipinski definition) is 3. The number of nitrogens with one attached hydrogen (secondary N) is 2. The molecule has 1 aromatic heterocycles. The van der Waals surface area contributed by atoms with Gasteiger partial charge in [-0.25, -0.2) is 23.5 Å². The van der Waals surface area contributed by atoms with Gasteiger partial charge in [-0.05, 0) is 42.7 Å². The number of pyridine rings is 1. The third kappa shape index (κ3) is 8.41. The summed E-state index contributed by atoms with van der Waals surface area (Å²) in [7, 11) is -3.67. The second-order valence-electron chi connectivity index (χ2n) is 5.55. The summed E-state index contributed by atoms with van der Waals surface area (Å²) < 4.78 is 22.5. The lowest BCUT2D eigenvalue weighted by Gasteiger charge is -2.11. The molecule has 0 spiro atoms. The smallest absolute Gasteiger partial charge is 0.238 e. The molecule has 4 N–H and O–H groups in total. The van der Waals surface area contributed by atoms with Gasteiger partial charge in [0.05, 0.1) is 11.4 Å². The SMILES string of the molecule is CCNC(=NCc1ccc(S(N)(=O)=O)cc1)NCCc1ccc(Cl)nc1.I. The molecule has 0 aliphatic carbocycles. The number of nitrogens with two attached hydrogens (primary N) is 1. The highest BCUT2D eigenvalue weighted by molar-refractivity contribution is 14.0. The van der Waals surface area contributed by atoms with Crippen LogP contribution in [-0.4, -0.2) is 32.5 Å². The van der Waals surface area contributed by atoms with Crippen molar-refractivity contribution in [1.29, 1.82) is 0 Å². The predicted octanol–water partition coefficient (Wildman–Crippen LogP) is 2.30. The van der Waals surface area contributed by atoms with Gasteiger partial charge in [-0.2, -0.15) is 0 Å². The Hall–Kier alpha value is -1.43. The number of aromatic nitrogens is 1. The Morgan fingerprint density at radius 3 is 2.37 bits per heavy atom. The minimum absolute atomic E-state index is 0. The Labute approximate surface area is 181 Å². The van der Waals surface area contributed by atoms with Gasteiger partial charge in [0.1, 0.15) is 5.15 Å². The Bertz CT molecular complexity index is 843. The average Bonchev–Trinajstić information content (AvgIpc) is 2.61. The summed E-state index contributed by atoms with van der Waals surface area (Å²) in [6.45, 7) is 3.84. The normalized spacial score (nSPS) is 11.6. The molecule has 0 atom stereocenters. The number of aliphatic imine (C=N–C) groups is 1. The molecule has 2 rings (SSSR count). The van der Waals surface area contributed by atoms with Crippen LogP contribution < -0.4 is 15.8 Å². The highest BCUT2D eigenvalue weighted by atomic mass is 127. The number of hydrogen-bond acceptors (Lipinski definition) is 4. The van der Waals surface area contributed by atoms with Crippen molar-refractivity contribution in [3.63, 3.8) is 0 Å². The lowest BCUT2D eigenvalue weighted by atomic mass is 10.2. The van der Waals surface area contributed by atoms with E-state index in [9.17, 15) is 8.42 Å². The number of benzene rings is 1. The highest BCUT2D eigenvalue weighted by Crippen LogP contribution is 2.09. The number of primary sulfonamides is 1. The first kappa shape index (κ1) is 23.6. The van der Waals surface area contributed by atoms with Crippen molar-refractivity contribution in [2.45, 2.75) is 24.8 Å². The Kier molecular flexibility index (Phi) is 9.99. The molecule has 7 nitrogen and oxygen atoms in total. The Morgan fingerprint density at radius 1 is 1.15 bits per heavy atom. The first-order valence-electron chi connectivity index (χ1n) is 8.13. The molecular formula is C17H23ClIN5O2S. The summed E-state index contributed by atoms with van der Waals surface area (Å²) in [4.78, 5) is 8.64. The summed E-state index contributed by atoms with van der Waals surface area (Å²) in [5.41, 5.74) is 1.97. The third-order valence-corrected chi connectivity index (χ3v) is 4.66. The molecule has 0 bridgehead atoms. The van der Waals surface area contributed by atoms with Crippen LogP contribution in [0.5, 0.6) is 0 Å². The first-order valence-corrected chi connectivity index (χ1v) is 10.1. The number of rotatable bonds is 7. The van der Waals surface area contributed by atoms with E-state index < -0.39 is 10.0 Å². The van der Waals surface area contributed by atoms with Crippen molar-refractivity contribution in [2.24, 2.45) is 10.1 Å². The van der Waals surface area contributed by atoms with Crippen molar-refractivity contribution >= 4 is 51.6 Å². The topological polar surface area (TPSA) is 109 Å². The van der Waals surface area contributed by atoms with E-state index in [2.05, 4.69) is 20.6 Å². The summed E-state index contributed by atoms with van der Waals surface area (Å²) in [5.74, 6) is 0.685. The number of sulfonamides is 1. The molecule has 10 heteroatoms. The quantitative estimate of drug-likeness (QED) is 0.223. The van der Waals surface area contributed by atoms with E-state index in [-0.39, 0.29) is 28.9 Å². The lowest BCUT2D eigenvalue weighted by molar-refractivity contribution is 0.598. The van der Waals surface area contributed by atoms with Crippen LogP contribution in [0.25, 0.3) is 0 Å². The van der Waals surface area contributed by atoms with Crippen LogP contribution in [0.2, 0.25) is 5.15 Å². The standard InChI is InChI=1S/C17H22ClN5O2S.HI/c1-2-20-17(21-10-9-14-5-8-16(18)22-11-14)23-12-13-3-6-15(7-4-13)26(19,24)25;/h3-8,11H,2,9-10,12H2,1H3,(H2,19,24,25)(H2,20,21,23);1H. The molecule has 0 saturated carbocycles. The predicted molar refractivity (Wildman–Crippen MR) is 119 cm³/mol. The van der Waals surface area contributed by atoms with Crippen LogP contribution in [0.15, 0.2) is 52.5 Å². The van der Waals surface area contributed by atoms with E-state index in [1.165, 1.54) is 12.1 Å². The van der Waals surface area contributed by atoms with E-state index in [0.29, 0.717) is 24.2 Å². The summed E-state index contributed by atoms with van der Waals surface area (Å²) in [6.07, 6.45) is 2.54. The van der Waals surface area contributed by atoms with E-state index in [1.807, 2.05) is 13.0 Å². The van der Waals surface area contributed by atoms with Crippen molar-refractivity contribution in [3.05, 3.63) is 58.9 Å². The molecule has 0 radical (unpaired) electrons. The number of halogens is 2. The van der Waals surface area contributed by atoms with E-state index in [4.69, 9.17) is 16.7 Å². The first-order chi connectivity index (χ1) is 12.4. The maximum absolute atomic E-state index is 11.3. The van der Waals surface area contributed by atoms with Gasteiger partial charge in [-0.15, -0.1) is 24.0 Å². The van der Waals surface area contributed by atoms with Gasteiger partial charge < -0.3 is 10.6 Å². The summed E-state index contributed by atoms with van der Waals surface area (Å²) in [5, 5.41) is 12.0. The zero-order valence-electron chi connectivity index (χ0n) is 14.9. The number of guanidine groups is 1. The van der Waals surface area contributed by atoms with Crippen LogP contribution >= 0.6 is 35.6 Å². The fourth-order valence-corrected chi connectivity index (χ4v) is 2.80. The molecule has 0 amide bonds. The molecule has 0 unspecified atom stereocenters. The summed E-state index contributed by atoms with van der Waals surface area (Å²) in [6, 6.07) is 10.1. The van der Waals surface area contributed by atoms with Crippen LogP contribution in [0.3, 0.4) is 0 Å². The molecule has 0 aliphatic rings. The molecule has 0 fully saturated rings. The van der Waals surface area contributed by atoms with E-state index in [1.54, 1.807) is 24.4 Å². The maximum atomic E-state index is 11.3. The second-order valence-corrected chi connectivity index (χ2v) is 7.50. The van der Waals surface area contributed by atoms with Gasteiger partial charge in [0.2, 0.25) is 10.0 Å². The van der Waals surface area contributed by atoms with Gasteiger partial charge in [0.25, 0.3) is 0 Å². The lowest BCUT2D eigenvalue weighted by Crippen LogP contribution is -2.38. The molecule has 0 aliphatic heterocycles. The highest BCUT2D eigenvalue weighted by Gasteiger charge is 2.06. The molecular weight excluding hydrogens is 501 g/mol. The minimum Gasteiger partial charge on any atom is -0.357 e. The molecule has 148 valence electrons. The van der Waals surface area contributed by atoms with Gasteiger partial charge in [-0.3, -0.25) is 0 Å². The average molecular weight is 524 g/mol. The van der Waals surface area contributed by atoms with Gasteiger partial charge in [0.15, 0.2) is 5.96 Å². The van der Waals surface area contributed by atoms with E-state index in [0.717, 1.165) is 24.1 Å². The number of nitrogens with zero attached hydrogens (tertiary/aromatic N) is 2. The zero-order chi connectivity index (χ0) is 19.0. The fraction of sp³-hybridized carbons (Fsp3) is 0.294. The van der Waals surface area contributed by atoms with Crippen LogP contribution in [0.1, 0.15) is 18.1 Å². The Balaban J connectivity index is 0.00000364. The largest absolute Gasteiger partial charge is 0.357 e.